The highest BCUT2D eigenvalue weighted by Gasteiger charge is 2.46. The molecule has 1 heterocycles. The maximum absolute atomic E-state index is 10.9. The molecule has 1 aliphatic heterocycles. The Labute approximate surface area is 174 Å². The van der Waals surface area contributed by atoms with Crippen LogP contribution in [0.5, 0.6) is 0 Å². The SMILES string of the molecule is O=C(O)CSC1(SCC(=O)O)CSC(SCC(=O)O)(SCC(=O)O)CS1. The van der Waals surface area contributed by atoms with Crippen LogP contribution in [0.15, 0.2) is 0 Å². The molecular weight excluding hydrogens is 465 g/mol. The van der Waals surface area contributed by atoms with Crippen molar-refractivity contribution in [2.75, 3.05) is 34.5 Å². The van der Waals surface area contributed by atoms with Crippen molar-refractivity contribution in [2.45, 2.75) is 6.82 Å². The normalized spacial score (nSPS) is 18.2. The summed E-state index contributed by atoms with van der Waals surface area (Å²) < 4.78 is -1.39. The molecule has 0 saturated carbocycles. The Morgan fingerprint density at radius 1 is 0.615 bits per heavy atom. The van der Waals surface area contributed by atoms with Crippen LogP contribution in [0, 0.1) is 0 Å². The van der Waals surface area contributed by atoms with Crippen molar-refractivity contribution in [2.24, 2.45) is 0 Å². The van der Waals surface area contributed by atoms with Crippen molar-refractivity contribution in [3.05, 3.63) is 0 Å². The topological polar surface area (TPSA) is 149 Å². The number of hydrogen-bond acceptors (Lipinski definition) is 10. The molecule has 26 heavy (non-hydrogen) atoms. The summed E-state index contributed by atoms with van der Waals surface area (Å²) >= 11 is 7.25. The number of thioether (sulfide) groups is 6. The van der Waals surface area contributed by atoms with Crippen molar-refractivity contribution in [1.29, 1.82) is 0 Å². The van der Waals surface area contributed by atoms with Crippen LogP contribution in [0.2, 0.25) is 0 Å². The van der Waals surface area contributed by atoms with Crippen LogP contribution in [-0.4, -0.2) is 85.6 Å². The van der Waals surface area contributed by atoms with E-state index in [1.165, 1.54) is 23.5 Å². The monoisotopic (exact) mass is 480 g/mol. The Kier molecular flexibility index (Phi) is 10.3. The fraction of sp³-hybridized carbons (Fsp3) is 0.667. The molecule has 4 N–H and O–H groups in total. The fourth-order valence-corrected chi connectivity index (χ4v) is 10.9. The number of carboxylic acid groups (broad SMARTS) is 4. The molecular formula is C12H16O8S6. The van der Waals surface area contributed by atoms with E-state index in [4.69, 9.17) is 20.4 Å². The van der Waals surface area contributed by atoms with Gasteiger partial charge in [0, 0.05) is 11.5 Å². The molecule has 0 unspecified atom stereocenters. The Morgan fingerprint density at radius 3 is 1.00 bits per heavy atom. The standard InChI is InChI=1S/C12H16O8S6/c13-7(14)1-21-11(22-2-8(15)16)5-26-12(6-25-11,23-3-9(17)18)24-4-10(19)20/h1-6H2,(H,13,14)(H,15,16)(H,17,18)(H,19,20). The predicted octanol–water partition coefficient (Wildman–Crippen LogP) is 2.05. The van der Waals surface area contributed by atoms with Crippen molar-refractivity contribution >= 4 is 94.4 Å². The summed E-state index contributed by atoms with van der Waals surface area (Å²) in [5.74, 6) is -4.02. The van der Waals surface area contributed by atoms with Crippen molar-refractivity contribution < 1.29 is 39.6 Å². The summed E-state index contributed by atoms with van der Waals surface area (Å²) in [7, 11) is 0. The minimum absolute atomic E-state index is 0.183. The molecule has 0 aliphatic carbocycles. The van der Waals surface area contributed by atoms with Gasteiger partial charge in [-0.05, 0) is 0 Å². The molecule has 0 aromatic heterocycles. The first-order valence-electron chi connectivity index (χ1n) is 6.79. The average molecular weight is 481 g/mol. The van der Waals surface area contributed by atoms with Gasteiger partial charge in [-0.3, -0.25) is 19.2 Å². The third-order valence-electron chi connectivity index (χ3n) is 2.60. The van der Waals surface area contributed by atoms with Crippen molar-refractivity contribution in [1.82, 2.24) is 0 Å². The van der Waals surface area contributed by atoms with E-state index in [-0.39, 0.29) is 23.0 Å². The quantitative estimate of drug-likeness (QED) is 0.302. The van der Waals surface area contributed by atoms with Crippen LogP contribution >= 0.6 is 70.6 Å². The molecule has 0 bridgehead atoms. The number of carboxylic acids is 4. The van der Waals surface area contributed by atoms with E-state index in [1.807, 2.05) is 0 Å². The molecule has 1 saturated heterocycles. The first-order valence-corrected chi connectivity index (χ1v) is 12.7. The highest BCUT2D eigenvalue weighted by Crippen LogP contribution is 2.61. The van der Waals surface area contributed by atoms with Gasteiger partial charge in [0.05, 0.1) is 23.0 Å². The molecule has 0 radical (unpaired) electrons. The number of hydrogen-bond donors (Lipinski definition) is 4. The smallest absolute Gasteiger partial charge is 0.313 e. The van der Waals surface area contributed by atoms with E-state index in [0.717, 1.165) is 47.0 Å². The second kappa shape index (κ2) is 11.1. The van der Waals surface area contributed by atoms with Gasteiger partial charge >= 0.3 is 23.9 Å². The highest BCUT2D eigenvalue weighted by atomic mass is 32.3. The predicted molar refractivity (Wildman–Crippen MR) is 111 cm³/mol. The van der Waals surface area contributed by atoms with Crippen LogP contribution in [-0.2, 0) is 19.2 Å². The lowest BCUT2D eigenvalue weighted by molar-refractivity contribution is -0.135. The number of aliphatic carboxylic acids is 4. The lowest BCUT2D eigenvalue weighted by atomic mass is 10.8. The lowest BCUT2D eigenvalue weighted by Crippen LogP contribution is -2.37. The molecule has 1 rings (SSSR count). The van der Waals surface area contributed by atoms with Gasteiger partial charge in [-0.15, -0.1) is 70.6 Å². The minimum atomic E-state index is -1.01. The van der Waals surface area contributed by atoms with E-state index >= 15 is 0 Å². The van der Waals surface area contributed by atoms with E-state index < -0.39 is 30.7 Å². The van der Waals surface area contributed by atoms with Crippen molar-refractivity contribution in [3.8, 4) is 0 Å². The molecule has 1 aliphatic rings. The Balaban J connectivity index is 2.85. The van der Waals surface area contributed by atoms with Gasteiger partial charge in [-0.25, -0.2) is 0 Å². The number of carbonyl (C=O) groups is 4. The third kappa shape index (κ3) is 8.78. The summed E-state index contributed by atoms with van der Waals surface area (Å²) in [5, 5.41) is 35.7. The van der Waals surface area contributed by atoms with E-state index in [2.05, 4.69) is 0 Å². The molecule has 0 spiro atoms. The molecule has 0 aromatic rings. The molecule has 0 amide bonds. The number of rotatable bonds is 12. The fourth-order valence-electron chi connectivity index (χ4n) is 1.58. The zero-order chi connectivity index (χ0) is 19.8. The zero-order valence-electron chi connectivity index (χ0n) is 13.1. The third-order valence-corrected chi connectivity index (χ3v) is 14.2. The van der Waals surface area contributed by atoms with Gasteiger partial charge in [0.1, 0.15) is 6.82 Å². The van der Waals surface area contributed by atoms with Crippen LogP contribution in [0.3, 0.4) is 0 Å². The molecule has 8 nitrogen and oxygen atoms in total. The second-order valence-corrected chi connectivity index (χ2v) is 13.9. The Morgan fingerprint density at radius 2 is 0.846 bits per heavy atom. The van der Waals surface area contributed by atoms with Crippen LogP contribution in [0.4, 0.5) is 0 Å². The summed E-state index contributed by atoms with van der Waals surface area (Å²) in [6.45, 7) is 0. The van der Waals surface area contributed by atoms with Crippen LogP contribution in [0.1, 0.15) is 0 Å². The summed E-state index contributed by atoms with van der Waals surface area (Å²) in [4.78, 5) is 43.6. The van der Waals surface area contributed by atoms with Gasteiger partial charge < -0.3 is 20.4 Å². The van der Waals surface area contributed by atoms with E-state index in [0.29, 0.717) is 11.5 Å². The maximum Gasteiger partial charge on any atom is 0.313 e. The highest BCUT2D eigenvalue weighted by molar-refractivity contribution is 8.40. The van der Waals surface area contributed by atoms with Gasteiger partial charge in [-0.1, -0.05) is 0 Å². The molecule has 1 fully saturated rings. The maximum atomic E-state index is 10.9. The summed E-state index contributed by atoms with van der Waals surface area (Å²) in [6, 6.07) is 0. The van der Waals surface area contributed by atoms with Gasteiger partial charge in [0.25, 0.3) is 0 Å². The molecule has 14 heteroatoms. The first kappa shape index (κ1) is 24.0. The van der Waals surface area contributed by atoms with E-state index in [1.54, 1.807) is 0 Å². The first-order chi connectivity index (χ1) is 12.1. The second-order valence-electron chi connectivity index (χ2n) is 4.67. The summed E-state index contributed by atoms with van der Waals surface area (Å²) in [5.41, 5.74) is 0. The Hall–Kier alpha value is -0.0200. The molecule has 0 aromatic carbocycles. The van der Waals surface area contributed by atoms with Gasteiger partial charge in [-0.2, -0.15) is 0 Å². The Bertz CT molecular complexity index is 460. The largest absolute Gasteiger partial charge is 0.481 e. The zero-order valence-corrected chi connectivity index (χ0v) is 18.0. The van der Waals surface area contributed by atoms with Crippen molar-refractivity contribution in [3.63, 3.8) is 0 Å². The van der Waals surface area contributed by atoms with Crippen LogP contribution < -0.4 is 0 Å². The average Bonchev–Trinajstić information content (AvgIpc) is 2.56. The molecule has 0 atom stereocenters. The summed E-state index contributed by atoms with van der Waals surface area (Å²) in [6.07, 6.45) is 0. The van der Waals surface area contributed by atoms with Crippen LogP contribution in [0.25, 0.3) is 0 Å². The van der Waals surface area contributed by atoms with Gasteiger partial charge in [0.15, 0.2) is 0 Å². The van der Waals surface area contributed by atoms with E-state index in [9.17, 15) is 19.2 Å². The van der Waals surface area contributed by atoms with Gasteiger partial charge in [0.2, 0.25) is 0 Å². The molecule has 148 valence electrons. The lowest BCUT2D eigenvalue weighted by Gasteiger charge is -2.43. The minimum Gasteiger partial charge on any atom is -0.481 e.